The fraction of sp³-hybridized carbons (Fsp3) is 0.533. The van der Waals surface area contributed by atoms with Gasteiger partial charge in [-0.05, 0) is 30.0 Å². The minimum absolute atomic E-state index is 0.0907. The summed E-state index contributed by atoms with van der Waals surface area (Å²) in [5, 5.41) is 9.79. The van der Waals surface area contributed by atoms with E-state index < -0.39 is 12.5 Å². The fourth-order valence-corrected chi connectivity index (χ4v) is 2.37. The molecule has 0 aromatic heterocycles. The summed E-state index contributed by atoms with van der Waals surface area (Å²) in [5.41, 5.74) is 0.604. The van der Waals surface area contributed by atoms with E-state index in [0.717, 1.165) is 6.42 Å². The van der Waals surface area contributed by atoms with Crippen molar-refractivity contribution in [2.24, 2.45) is 5.92 Å². The Labute approximate surface area is 126 Å². The molecule has 122 valence electrons. The molecule has 1 fully saturated rings. The number of benzene rings is 1. The first-order valence-electron chi connectivity index (χ1n) is 7.05. The Hall–Kier alpha value is -1.76. The van der Waals surface area contributed by atoms with Crippen molar-refractivity contribution in [2.45, 2.75) is 32.2 Å². The SMILES string of the molecule is CC1CCN(C(=O)Cc2ccc(OC(F)(F)F)cc2)CC1O. The summed E-state index contributed by atoms with van der Waals surface area (Å²) in [6.45, 7) is 2.83. The van der Waals surface area contributed by atoms with E-state index in [-0.39, 0.29) is 24.0 Å². The average molecular weight is 317 g/mol. The number of carbonyl (C=O) groups excluding carboxylic acids is 1. The van der Waals surface area contributed by atoms with Crippen LogP contribution in [0.1, 0.15) is 18.9 Å². The van der Waals surface area contributed by atoms with Crippen molar-refractivity contribution < 1.29 is 27.8 Å². The quantitative estimate of drug-likeness (QED) is 0.931. The summed E-state index contributed by atoms with van der Waals surface area (Å²) in [7, 11) is 0. The van der Waals surface area contributed by atoms with Crippen LogP contribution in [0.3, 0.4) is 0 Å². The summed E-state index contributed by atoms with van der Waals surface area (Å²) < 4.78 is 39.9. The Kier molecular flexibility index (Phi) is 4.95. The molecule has 0 radical (unpaired) electrons. The normalized spacial score (nSPS) is 22.5. The zero-order valence-corrected chi connectivity index (χ0v) is 12.1. The van der Waals surface area contributed by atoms with Crippen molar-refractivity contribution >= 4 is 5.91 Å². The lowest BCUT2D eigenvalue weighted by Gasteiger charge is -2.34. The molecule has 22 heavy (non-hydrogen) atoms. The van der Waals surface area contributed by atoms with Crippen LogP contribution < -0.4 is 4.74 Å². The Morgan fingerprint density at radius 2 is 2.00 bits per heavy atom. The molecule has 1 aromatic carbocycles. The van der Waals surface area contributed by atoms with Gasteiger partial charge in [0.05, 0.1) is 12.5 Å². The number of amides is 1. The van der Waals surface area contributed by atoms with Crippen LogP contribution in [-0.2, 0) is 11.2 Å². The van der Waals surface area contributed by atoms with Gasteiger partial charge in [-0.1, -0.05) is 19.1 Å². The lowest BCUT2D eigenvalue weighted by molar-refractivity contribution is -0.274. The maximum absolute atomic E-state index is 12.1. The van der Waals surface area contributed by atoms with Gasteiger partial charge in [0.1, 0.15) is 5.75 Å². The number of rotatable bonds is 3. The number of β-amino-alcohol motifs (C(OH)–C–C–N with tert-alkyl or cyclic N) is 1. The van der Waals surface area contributed by atoms with Crippen LogP contribution in [0.15, 0.2) is 24.3 Å². The van der Waals surface area contributed by atoms with Crippen LogP contribution in [-0.4, -0.2) is 41.5 Å². The summed E-state index contributed by atoms with van der Waals surface area (Å²) in [6.07, 6.45) is -4.42. The molecule has 4 nitrogen and oxygen atoms in total. The Morgan fingerprint density at radius 3 is 2.55 bits per heavy atom. The van der Waals surface area contributed by atoms with Gasteiger partial charge < -0.3 is 14.7 Å². The Morgan fingerprint density at radius 1 is 1.36 bits per heavy atom. The topological polar surface area (TPSA) is 49.8 Å². The molecule has 2 atom stereocenters. The highest BCUT2D eigenvalue weighted by Gasteiger charge is 2.31. The average Bonchev–Trinajstić information content (AvgIpc) is 2.42. The number of aliphatic hydroxyl groups is 1. The van der Waals surface area contributed by atoms with Crippen LogP contribution in [0.5, 0.6) is 5.75 Å². The summed E-state index contributed by atoms with van der Waals surface area (Å²) in [5.74, 6) is -0.288. The van der Waals surface area contributed by atoms with Crippen molar-refractivity contribution in [2.75, 3.05) is 13.1 Å². The van der Waals surface area contributed by atoms with E-state index in [4.69, 9.17) is 0 Å². The number of aliphatic hydroxyl groups excluding tert-OH is 1. The first-order valence-corrected chi connectivity index (χ1v) is 7.05. The summed E-state index contributed by atoms with van der Waals surface area (Å²) >= 11 is 0. The molecular formula is C15H18F3NO3. The van der Waals surface area contributed by atoms with Crippen LogP contribution in [0, 0.1) is 5.92 Å². The third kappa shape index (κ3) is 4.62. The summed E-state index contributed by atoms with van der Waals surface area (Å²) in [6, 6.07) is 5.23. The third-order valence-electron chi connectivity index (χ3n) is 3.78. The predicted octanol–water partition coefficient (Wildman–Crippen LogP) is 2.36. The molecule has 1 aliphatic rings. The highest BCUT2D eigenvalue weighted by Crippen LogP contribution is 2.23. The molecular weight excluding hydrogens is 299 g/mol. The van der Waals surface area contributed by atoms with Gasteiger partial charge in [0, 0.05) is 13.1 Å². The number of hydrogen-bond donors (Lipinski definition) is 1. The van der Waals surface area contributed by atoms with Crippen molar-refractivity contribution in [1.82, 2.24) is 4.90 Å². The monoisotopic (exact) mass is 317 g/mol. The molecule has 1 heterocycles. The smallest absolute Gasteiger partial charge is 0.406 e. The zero-order chi connectivity index (χ0) is 16.3. The Balaban J connectivity index is 1.92. The molecule has 0 aliphatic carbocycles. The lowest BCUT2D eigenvalue weighted by Crippen LogP contribution is -2.46. The number of likely N-dealkylation sites (tertiary alicyclic amines) is 1. The molecule has 2 rings (SSSR count). The Bertz CT molecular complexity index is 516. The van der Waals surface area contributed by atoms with E-state index in [1.54, 1.807) is 4.90 Å². The van der Waals surface area contributed by atoms with Gasteiger partial charge in [-0.15, -0.1) is 13.2 Å². The number of hydrogen-bond acceptors (Lipinski definition) is 3. The number of nitrogens with zero attached hydrogens (tertiary/aromatic N) is 1. The van der Waals surface area contributed by atoms with Gasteiger partial charge in [0.25, 0.3) is 0 Å². The van der Waals surface area contributed by atoms with Gasteiger partial charge in [-0.3, -0.25) is 4.79 Å². The molecule has 2 unspecified atom stereocenters. The maximum atomic E-state index is 12.1. The molecule has 7 heteroatoms. The maximum Gasteiger partial charge on any atom is 0.573 e. The lowest BCUT2D eigenvalue weighted by atomic mass is 9.95. The minimum atomic E-state index is -4.72. The highest BCUT2D eigenvalue weighted by atomic mass is 19.4. The molecule has 1 amide bonds. The van der Waals surface area contributed by atoms with Crippen molar-refractivity contribution in [3.05, 3.63) is 29.8 Å². The standard InChI is InChI=1S/C15H18F3NO3/c1-10-6-7-19(9-13(10)20)14(21)8-11-2-4-12(5-3-11)22-15(16,17)18/h2-5,10,13,20H,6-9H2,1H3. The second-order valence-electron chi connectivity index (χ2n) is 5.54. The van der Waals surface area contributed by atoms with Crippen molar-refractivity contribution in [1.29, 1.82) is 0 Å². The van der Waals surface area contributed by atoms with E-state index in [1.165, 1.54) is 24.3 Å². The number of piperidine rings is 1. The third-order valence-corrected chi connectivity index (χ3v) is 3.78. The highest BCUT2D eigenvalue weighted by molar-refractivity contribution is 5.79. The molecule has 0 bridgehead atoms. The molecule has 1 saturated heterocycles. The number of alkyl halides is 3. The predicted molar refractivity (Wildman–Crippen MR) is 73.2 cm³/mol. The van der Waals surface area contributed by atoms with Gasteiger partial charge in [0.15, 0.2) is 0 Å². The second kappa shape index (κ2) is 6.56. The van der Waals surface area contributed by atoms with E-state index >= 15 is 0 Å². The summed E-state index contributed by atoms with van der Waals surface area (Å²) in [4.78, 5) is 13.7. The van der Waals surface area contributed by atoms with Gasteiger partial charge in [0.2, 0.25) is 5.91 Å². The van der Waals surface area contributed by atoms with E-state index in [2.05, 4.69) is 4.74 Å². The van der Waals surface area contributed by atoms with Crippen LogP contribution in [0.2, 0.25) is 0 Å². The molecule has 0 spiro atoms. The van der Waals surface area contributed by atoms with Crippen molar-refractivity contribution in [3.63, 3.8) is 0 Å². The van der Waals surface area contributed by atoms with Crippen LogP contribution >= 0.6 is 0 Å². The molecule has 1 N–H and O–H groups in total. The minimum Gasteiger partial charge on any atom is -0.406 e. The molecule has 0 saturated carbocycles. The van der Waals surface area contributed by atoms with Gasteiger partial charge in [-0.2, -0.15) is 0 Å². The van der Waals surface area contributed by atoms with Crippen molar-refractivity contribution in [3.8, 4) is 5.75 Å². The number of halogens is 3. The fourth-order valence-electron chi connectivity index (χ4n) is 2.37. The van der Waals surface area contributed by atoms with Crippen LogP contribution in [0.4, 0.5) is 13.2 Å². The van der Waals surface area contributed by atoms with E-state index in [9.17, 15) is 23.1 Å². The largest absolute Gasteiger partial charge is 0.573 e. The van der Waals surface area contributed by atoms with E-state index in [0.29, 0.717) is 18.7 Å². The first-order chi connectivity index (χ1) is 10.2. The second-order valence-corrected chi connectivity index (χ2v) is 5.54. The zero-order valence-electron chi connectivity index (χ0n) is 12.1. The number of ether oxygens (including phenoxy) is 1. The van der Waals surface area contributed by atoms with Gasteiger partial charge in [-0.25, -0.2) is 0 Å². The molecule has 1 aliphatic heterocycles. The van der Waals surface area contributed by atoms with Crippen LogP contribution in [0.25, 0.3) is 0 Å². The van der Waals surface area contributed by atoms with E-state index in [1.807, 2.05) is 6.92 Å². The number of carbonyl (C=O) groups is 1. The van der Waals surface area contributed by atoms with Gasteiger partial charge >= 0.3 is 6.36 Å². The molecule has 1 aromatic rings. The first kappa shape index (κ1) is 16.6.